The summed E-state index contributed by atoms with van der Waals surface area (Å²) in [5.41, 5.74) is 2.67. The van der Waals surface area contributed by atoms with E-state index in [1.54, 1.807) is 18.2 Å². The van der Waals surface area contributed by atoms with E-state index in [-0.39, 0.29) is 11.7 Å². The van der Waals surface area contributed by atoms with Crippen LogP contribution >= 0.6 is 11.8 Å². The van der Waals surface area contributed by atoms with Gasteiger partial charge in [0, 0.05) is 0 Å². The summed E-state index contributed by atoms with van der Waals surface area (Å²) in [7, 11) is 1.48. The number of phenols is 1. The van der Waals surface area contributed by atoms with E-state index in [0.717, 1.165) is 16.8 Å². The molecule has 1 aliphatic heterocycles. The molecule has 1 aliphatic rings. The largest absolute Gasteiger partial charge is 0.504 e. The van der Waals surface area contributed by atoms with Crippen LogP contribution < -0.4 is 10.1 Å². The molecule has 1 heterocycles. The first-order valence-corrected chi connectivity index (χ1v) is 8.10. The fourth-order valence-corrected chi connectivity index (χ4v) is 3.07. The number of thioether (sulfide) groups is 1. The van der Waals surface area contributed by atoms with Gasteiger partial charge < -0.3 is 15.2 Å². The maximum Gasteiger partial charge on any atom is 0.264 e. The van der Waals surface area contributed by atoms with Crippen LogP contribution in [0.2, 0.25) is 0 Å². The number of aromatic hydroxyl groups is 1. The van der Waals surface area contributed by atoms with Gasteiger partial charge in [-0.2, -0.15) is 0 Å². The normalized spacial score (nSPS) is 17.3. The van der Waals surface area contributed by atoms with Crippen molar-refractivity contribution in [1.82, 2.24) is 5.32 Å². The molecule has 1 saturated heterocycles. The van der Waals surface area contributed by atoms with Crippen molar-refractivity contribution in [2.75, 3.05) is 7.11 Å². The Bertz CT molecular complexity index is 859. The molecule has 0 aromatic heterocycles. The van der Waals surface area contributed by atoms with Gasteiger partial charge in [-0.15, -0.1) is 0 Å². The minimum atomic E-state index is -0.196. The number of rotatable bonds is 3. The maximum atomic E-state index is 12.1. The molecule has 5 nitrogen and oxygen atoms in total. The smallest absolute Gasteiger partial charge is 0.264 e. The quantitative estimate of drug-likeness (QED) is 0.838. The lowest BCUT2D eigenvalue weighted by Gasteiger charge is -2.03. The molecule has 0 saturated carbocycles. The monoisotopic (exact) mass is 340 g/mol. The highest BCUT2D eigenvalue weighted by atomic mass is 32.2. The average molecular weight is 340 g/mol. The molecular weight excluding hydrogens is 324 g/mol. The fraction of sp³-hybridized carbons (Fsp3) is 0.111. The van der Waals surface area contributed by atoms with E-state index in [1.165, 1.54) is 24.9 Å². The summed E-state index contributed by atoms with van der Waals surface area (Å²) in [5.74, 6) is 0.227. The highest BCUT2D eigenvalue weighted by molar-refractivity contribution is 8.18. The molecule has 0 unspecified atom stereocenters. The topological polar surface area (TPSA) is 70.9 Å². The zero-order valence-corrected chi connectivity index (χ0v) is 14.1. The first-order valence-electron chi connectivity index (χ1n) is 7.28. The third kappa shape index (κ3) is 3.60. The van der Waals surface area contributed by atoms with Crippen molar-refractivity contribution in [2.24, 2.45) is 4.99 Å². The summed E-state index contributed by atoms with van der Waals surface area (Å²) in [6.45, 7) is 1.99. The molecule has 24 heavy (non-hydrogen) atoms. The van der Waals surface area contributed by atoms with Crippen LogP contribution in [0.5, 0.6) is 11.5 Å². The summed E-state index contributed by atoms with van der Waals surface area (Å²) < 4.78 is 5.08. The number of benzene rings is 2. The van der Waals surface area contributed by atoms with Crippen LogP contribution in [0.3, 0.4) is 0 Å². The lowest BCUT2D eigenvalue weighted by molar-refractivity contribution is -0.115. The van der Waals surface area contributed by atoms with Crippen LogP contribution in [-0.4, -0.2) is 23.3 Å². The average Bonchev–Trinajstić information content (AvgIpc) is 2.88. The molecule has 0 spiro atoms. The van der Waals surface area contributed by atoms with Gasteiger partial charge >= 0.3 is 0 Å². The predicted octanol–water partition coefficient (Wildman–Crippen LogP) is 3.60. The number of carbonyl (C=O) groups is 1. The van der Waals surface area contributed by atoms with E-state index < -0.39 is 0 Å². The first-order chi connectivity index (χ1) is 11.5. The Hall–Kier alpha value is -2.73. The number of hydrogen-bond donors (Lipinski definition) is 2. The van der Waals surface area contributed by atoms with Crippen LogP contribution in [0.4, 0.5) is 5.69 Å². The minimum absolute atomic E-state index is 0.0601. The number of phenolic OH excluding ortho intramolecular Hbond substituents is 1. The van der Waals surface area contributed by atoms with Crippen LogP contribution in [0.25, 0.3) is 6.08 Å². The van der Waals surface area contributed by atoms with Crippen molar-refractivity contribution in [3.63, 3.8) is 0 Å². The molecule has 2 aromatic carbocycles. The number of amidine groups is 1. The number of amides is 1. The Balaban J connectivity index is 1.84. The van der Waals surface area contributed by atoms with Crippen LogP contribution in [-0.2, 0) is 4.79 Å². The van der Waals surface area contributed by atoms with Gasteiger partial charge in [0.2, 0.25) is 0 Å². The summed E-state index contributed by atoms with van der Waals surface area (Å²) in [6.07, 6.45) is 1.74. The predicted molar refractivity (Wildman–Crippen MR) is 96.6 cm³/mol. The van der Waals surface area contributed by atoms with E-state index in [4.69, 9.17) is 4.74 Å². The molecule has 0 aliphatic carbocycles. The molecule has 0 bridgehead atoms. The van der Waals surface area contributed by atoms with E-state index in [1.807, 2.05) is 31.2 Å². The van der Waals surface area contributed by atoms with E-state index >= 15 is 0 Å². The van der Waals surface area contributed by atoms with Crippen LogP contribution in [0.15, 0.2) is 52.4 Å². The maximum absolute atomic E-state index is 12.1. The van der Waals surface area contributed by atoms with Crippen molar-refractivity contribution in [1.29, 1.82) is 0 Å². The van der Waals surface area contributed by atoms with Gasteiger partial charge in [-0.3, -0.25) is 4.79 Å². The van der Waals surface area contributed by atoms with Gasteiger partial charge in [0.25, 0.3) is 5.91 Å². The molecule has 122 valence electrons. The Morgan fingerprint density at radius 2 is 2.08 bits per heavy atom. The lowest BCUT2D eigenvalue weighted by Crippen LogP contribution is -2.19. The van der Waals surface area contributed by atoms with E-state index in [2.05, 4.69) is 10.3 Å². The Labute approximate surface area is 144 Å². The number of methoxy groups -OCH3 is 1. The standard InChI is InChI=1S/C18H16N2O3S/c1-11-4-3-5-13(8-11)19-18-20-17(22)16(24-18)10-12-6-7-14(21)15(9-12)23-2/h3-10,21H,1-2H3,(H,19,20,22)/b16-10-. The van der Waals surface area contributed by atoms with Gasteiger partial charge in [0.1, 0.15) is 0 Å². The van der Waals surface area contributed by atoms with Crippen molar-refractivity contribution < 1.29 is 14.6 Å². The summed E-state index contributed by atoms with van der Waals surface area (Å²) in [5, 5.41) is 12.9. The van der Waals surface area contributed by atoms with E-state index in [0.29, 0.717) is 15.8 Å². The third-order valence-corrected chi connectivity index (χ3v) is 4.29. The van der Waals surface area contributed by atoms with Gasteiger partial charge in [-0.25, -0.2) is 4.99 Å². The second-order valence-corrected chi connectivity index (χ2v) is 6.28. The fourth-order valence-electron chi connectivity index (χ4n) is 2.23. The van der Waals surface area contributed by atoms with Crippen molar-refractivity contribution in [2.45, 2.75) is 6.92 Å². The summed E-state index contributed by atoms with van der Waals surface area (Å²) >= 11 is 1.28. The number of ether oxygens (including phenoxy) is 1. The van der Waals surface area contributed by atoms with Gasteiger partial charge in [0.15, 0.2) is 16.7 Å². The molecular formula is C18H16N2O3S. The zero-order valence-electron chi connectivity index (χ0n) is 13.2. The molecule has 2 aromatic rings. The minimum Gasteiger partial charge on any atom is -0.504 e. The van der Waals surface area contributed by atoms with Crippen LogP contribution in [0.1, 0.15) is 11.1 Å². The SMILES string of the molecule is COc1cc(/C=C2\SC(=Nc3cccc(C)c3)NC2=O)ccc1O. The highest BCUT2D eigenvalue weighted by Crippen LogP contribution is 2.31. The summed E-state index contributed by atoms with van der Waals surface area (Å²) in [4.78, 5) is 17.1. The van der Waals surface area contributed by atoms with Crippen molar-refractivity contribution in [3.8, 4) is 11.5 Å². The van der Waals surface area contributed by atoms with Gasteiger partial charge in [-0.1, -0.05) is 18.2 Å². The number of hydrogen-bond acceptors (Lipinski definition) is 5. The van der Waals surface area contributed by atoms with Crippen molar-refractivity contribution >= 4 is 34.6 Å². The molecule has 6 heteroatoms. The second kappa shape index (κ2) is 6.80. The molecule has 1 fully saturated rings. The molecule has 0 radical (unpaired) electrons. The van der Waals surface area contributed by atoms with Crippen LogP contribution in [0, 0.1) is 6.92 Å². The number of aliphatic imine (C=N–C) groups is 1. The first kappa shape index (κ1) is 16.1. The number of carbonyl (C=O) groups excluding carboxylic acids is 1. The highest BCUT2D eigenvalue weighted by Gasteiger charge is 2.23. The van der Waals surface area contributed by atoms with E-state index in [9.17, 15) is 9.90 Å². The molecule has 3 rings (SSSR count). The molecule has 1 amide bonds. The Morgan fingerprint density at radius 1 is 1.25 bits per heavy atom. The molecule has 0 atom stereocenters. The number of nitrogens with one attached hydrogen (secondary N) is 1. The third-order valence-electron chi connectivity index (χ3n) is 3.38. The van der Waals surface area contributed by atoms with Gasteiger partial charge in [0.05, 0.1) is 17.7 Å². The Kier molecular flexibility index (Phi) is 4.57. The molecule has 2 N–H and O–H groups in total. The van der Waals surface area contributed by atoms with Crippen molar-refractivity contribution in [3.05, 3.63) is 58.5 Å². The number of nitrogens with zero attached hydrogens (tertiary/aromatic N) is 1. The van der Waals surface area contributed by atoms with Gasteiger partial charge in [-0.05, 0) is 60.2 Å². The second-order valence-electron chi connectivity index (χ2n) is 5.25. The number of aryl methyl sites for hydroxylation is 1. The summed E-state index contributed by atoms with van der Waals surface area (Å²) in [6, 6.07) is 12.7. The zero-order chi connectivity index (χ0) is 17.1. The lowest BCUT2D eigenvalue weighted by atomic mass is 10.2. The Morgan fingerprint density at radius 3 is 2.83 bits per heavy atom.